The Kier molecular flexibility index (Phi) is 3.60. The number of benzene rings is 1. The van der Waals surface area contributed by atoms with Crippen LogP contribution in [0.25, 0.3) is 11.0 Å². The standard InChI is InChI=1S/C8H8N2OS.Pb.2H/c1-11-5-2-3-6-7(4-5)10-8(12)9-6;;;/h2-4H,1H3,(H2,9,10,12);;;. The number of fused-ring (bicyclic) bond motifs is 1. The fraction of sp³-hybridized carbons (Fsp3) is 0.125. The molecule has 1 N–H and O–H groups in total. The van der Waals surface area contributed by atoms with Crippen molar-refractivity contribution in [2.45, 2.75) is 5.16 Å². The maximum absolute atomic E-state index is 5.06. The van der Waals surface area contributed by atoms with Gasteiger partial charge in [0.1, 0.15) is 5.75 Å². The fourth-order valence-electron chi connectivity index (χ4n) is 1.10. The summed E-state index contributed by atoms with van der Waals surface area (Å²) in [6, 6.07) is 5.66. The maximum atomic E-state index is 5.06. The zero-order chi connectivity index (χ0) is 8.55. The third-order valence-electron chi connectivity index (χ3n) is 1.68. The van der Waals surface area contributed by atoms with Crippen molar-refractivity contribution in [3.05, 3.63) is 18.2 Å². The molecule has 3 nitrogen and oxygen atoms in total. The molecule has 2 radical (unpaired) electrons. The van der Waals surface area contributed by atoms with Gasteiger partial charge in [-0.2, -0.15) is 0 Å². The van der Waals surface area contributed by atoms with Crippen LogP contribution in [0.4, 0.5) is 0 Å². The van der Waals surface area contributed by atoms with E-state index < -0.39 is 0 Å². The van der Waals surface area contributed by atoms with Gasteiger partial charge in [-0.3, -0.25) is 0 Å². The van der Waals surface area contributed by atoms with Crippen molar-refractivity contribution in [1.82, 2.24) is 9.97 Å². The van der Waals surface area contributed by atoms with Crippen LogP contribution in [0.2, 0.25) is 0 Å². The first kappa shape index (κ1) is 10.8. The summed E-state index contributed by atoms with van der Waals surface area (Å²) in [5.41, 5.74) is 1.85. The Balaban J connectivity index is 0.000000845. The first-order valence-electron chi connectivity index (χ1n) is 3.52. The fourth-order valence-corrected chi connectivity index (χ4v) is 1.33. The van der Waals surface area contributed by atoms with Gasteiger partial charge in [0.25, 0.3) is 0 Å². The summed E-state index contributed by atoms with van der Waals surface area (Å²) in [4.78, 5) is 7.15. The number of aromatic nitrogens is 2. The number of nitrogens with zero attached hydrogens (tertiary/aromatic N) is 1. The van der Waals surface area contributed by atoms with Crippen LogP contribution in [0.5, 0.6) is 5.75 Å². The predicted molar refractivity (Wildman–Crippen MR) is 58.4 cm³/mol. The van der Waals surface area contributed by atoms with Crippen LogP contribution in [0, 0.1) is 0 Å². The summed E-state index contributed by atoms with van der Waals surface area (Å²) >= 11 is 4.10. The third-order valence-corrected chi connectivity index (χ3v) is 1.89. The summed E-state index contributed by atoms with van der Waals surface area (Å²) in [6.07, 6.45) is 0. The zero-order valence-electron chi connectivity index (χ0n) is 7.24. The molecule has 0 unspecified atom stereocenters. The quantitative estimate of drug-likeness (QED) is 0.563. The Morgan fingerprint density at radius 2 is 2.23 bits per heavy atom. The number of hydrogen-bond donors (Lipinski definition) is 2. The van der Waals surface area contributed by atoms with Gasteiger partial charge < -0.3 is 9.72 Å². The molecule has 68 valence electrons. The molecule has 1 heterocycles. The normalized spacial score (nSPS) is 9.69. The van der Waals surface area contributed by atoms with E-state index in [1.807, 2.05) is 18.2 Å². The topological polar surface area (TPSA) is 37.9 Å². The van der Waals surface area contributed by atoms with E-state index in [-0.39, 0.29) is 27.3 Å². The number of rotatable bonds is 1. The molecule has 1 aromatic heterocycles. The van der Waals surface area contributed by atoms with E-state index in [0.29, 0.717) is 5.16 Å². The van der Waals surface area contributed by atoms with E-state index in [0.717, 1.165) is 16.8 Å². The number of hydrogen-bond acceptors (Lipinski definition) is 3. The molecule has 1 aromatic carbocycles. The molecular weight excluding hydrogens is 379 g/mol. The molecule has 0 fully saturated rings. The monoisotopic (exact) mass is 390 g/mol. The number of methoxy groups -OCH3 is 1. The summed E-state index contributed by atoms with van der Waals surface area (Å²) in [5, 5.41) is 0.623. The Bertz CT molecular complexity index is 415. The van der Waals surface area contributed by atoms with Crippen molar-refractivity contribution < 1.29 is 4.74 Å². The van der Waals surface area contributed by atoms with Crippen LogP contribution in [-0.2, 0) is 0 Å². The predicted octanol–water partition coefficient (Wildman–Crippen LogP) is 0.944. The van der Waals surface area contributed by atoms with Gasteiger partial charge in [0.2, 0.25) is 0 Å². The SMILES string of the molecule is COc1ccc2nc(S)[nH]c2c1.[PbH2]. The van der Waals surface area contributed by atoms with Crippen molar-refractivity contribution in [3.8, 4) is 5.75 Å². The van der Waals surface area contributed by atoms with E-state index in [9.17, 15) is 0 Å². The van der Waals surface area contributed by atoms with Gasteiger partial charge in [0, 0.05) is 6.07 Å². The van der Waals surface area contributed by atoms with Crippen molar-refractivity contribution in [3.63, 3.8) is 0 Å². The molecule has 2 rings (SSSR count). The van der Waals surface area contributed by atoms with Crippen LogP contribution in [-0.4, -0.2) is 44.4 Å². The number of aromatic amines is 1. The van der Waals surface area contributed by atoms with Crippen molar-refractivity contribution in [2.24, 2.45) is 0 Å². The van der Waals surface area contributed by atoms with Crippen LogP contribution in [0.3, 0.4) is 0 Å². The van der Waals surface area contributed by atoms with Gasteiger partial charge in [-0.25, -0.2) is 4.98 Å². The van der Waals surface area contributed by atoms with E-state index in [2.05, 4.69) is 22.6 Å². The first-order chi connectivity index (χ1) is 5.79. The van der Waals surface area contributed by atoms with Crippen LogP contribution in [0.15, 0.2) is 23.4 Å². The molecule has 0 atom stereocenters. The number of H-pyrrole nitrogens is 1. The molecule has 5 heteroatoms. The van der Waals surface area contributed by atoms with Crippen LogP contribution in [0.1, 0.15) is 0 Å². The second kappa shape index (κ2) is 4.32. The Labute approximate surface area is 101 Å². The summed E-state index contributed by atoms with van der Waals surface area (Å²) in [5.74, 6) is 0.819. The van der Waals surface area contributed by atoms with Gasteiger partial charge in [0.05, 0.1) is 18.1 Å². The van der Waals surface area contributed by atoms with E-state index in [4.69, 9.17) is 4.74 Å². The molecule has 0 aliphatic heterocycles. The molecule has 0 saturated carbocycles. The van der Waals surface area contributed by atoms with Gasteiger partial charge in [-0.05, 0) is 12.1 Å². The molecule has 0 amide bonds. The summed E-state index contributed by atoms with van der Waals surface area (Å²) in [6.45, 7) is 0. The number of nitrogens with one attached hydrogen (secondary N) is 1. The average molecular weight is 389 g/mol. The third kappa shape index (κ3) is 2.16. The molecule has 0 bridgehead atoms. The van der Waals surface area contributed by atoms with Crippen molar-refractivity contribution in [1.29, 1.82) is 0 Å². The Morgan fingerprint density at radius 1 is 1.46 bits per heavy atom. The second-order valence-electron chi connectivity index (χ2n) is 2.44. The Hall–Kier alpha value is -0.238. The average Bonchev–Trinajstić information content (AvgIpc) is 2.43. The van der Waals surface area contributed by atoms with Crippen molar-refractivity contribution in [2.75, 3.05) is 7.11 Å². The van der Waals surface area contributed by atoms with Crippen molar-refractivity contribution >= 4 is 51.0 Å². The minimum absolute atomic E-state index is 0. The number of thiol groups is 1. The van der Waals surface area contributed by atoms with Gasteiger partial charge in [0.15, 0.2) is 5.16 Å². The zero-order valence-corrected chi connectivity index (χ0v) is 13.6. The number of ether oxygens (including phenoxy) is 1. The molecule has 0 saturated heterocycles. The molecule has 0 spiro atoms. The minimum atomic E-state index is 0. The first-order valence-corrected chi connectivity index (χ1v) is 3.97. The molecule has 13 heavy (non-hydrogen) atoms. The Morgan fingerprint density at radius 3 is 2.92 bits per heavy atom. The van der Waals surface area contributed by atoms with E-state index in [1.165, 1.54) is 0 Å². The number of imidazole rings is 1. The molecule has 0 aliphatic carbocycles. The summed E-state index contributed by atoms with van der Waals surface area (Å²) < 4.78 is 5.06. The summed E-state index contributed by atoms with van der Waals surface area (Å²) in [7, 11) is 1.64. The van der Waals surface area contributed by atoms with Gasteiger partial charge in [-0.1, -0.05) is 0 Å². The molecular formula is C8H10N2OPbS. The molecule has 0 aliphatic rings. The van der Waals surface area contributed by atoms with Crippen LogP contribution < -0.4 is 4.74 Å². The second-order valence-corrected chi connectivity index (χ2v) is 2.87. The van der Waals surface area contributed by atoms with Gasteiger partial charge in [-0.15, -0.1) is 12.6 Å². The van der Waals surface area contributed by atoms with Crippen LogP contribution >= 0.6 is 12.6 Å². The van der Waals surface area contributed by atoms with E-state index >= 15 is 0 Å². The molecule has 2 aromatic rings. The van der Waals surface area contributed by atoms with Gasteiger partial charge >= 0.3 is 27.3 Å². The van der Waals surface area contributed by atoms with E-state index in [1.54, 1.807) is 7.11 Å².